The lowest BCUT2D eigenvalue weighted by molar-refractivity contribution is 0.0673. The molecule has 0 fully saturated rings. The van der Waals surface area contributed by atoms with Crippen molar-refractivity contribution in [2.24, 2.45) is 11.1 Å². The molecule has 32 heavy (non-hydrogen) atoms. The molecule has 5 nitrogen and oxygen atoms in total. The standard InChI is InChI=1S/C26H28BrN3O2/c1-26(2,17-28)18-30(25(32)20-8-4-3-5-9-20)16-19-12-14-21(15-13-19)29-24(31)22-10-6-7-11-23(22)27/h3-15H,16-18,28H2,1-2H3,(H,29,31). The van der Waals surface area contributed by atoms with Crippen molar-refractivity contribution in [3.63, 3.8) is 0 Å². The fourth-order valence-corrected chi connectivity index (χ4v) is 3.77. The van der Waals surface area contributed by atoms with Crippen molar-refractivity contribution in [2.45, 2.75) is 20.4 Å². The van der Waals surface area contributed by atoms with E-state index < -0.39 is 0 Å². The highest BCUT2D eigenvalue weighted by molar-refractivity contribution is 9.10. The summed E-state index contributed by atoms with van der Waals surface area (Å²) in [4.78, 5) is 27.5. The first-order valence-corrected chi connectivity index (χ1v) is 11.3. The first-order chi connectivity index (χ1) is 15.3. The second kappa shape index (κ2) is 10.6. The Balaban J connectivity index is 1.74. The second-order valence-corrected chi connectivity index (χ2v) is 9.38. The Labute approximate surface area is 197 Å². The zero-order chi connectivity index (χ0) is 23.1. The zero-order valence-electron chi connectivity index (χ0n) is 18.3. The monoisotopic (exact) mass is 493 g/mol. The predicted molar refractivity (Wildman–Crippen MR) is 133 cm³/mol. The minimum absolute atomic E-state index is 0.0292. The summed E-state index contributed by atoms with van der Waals surface area (Å²) < 4.78 is 0.742. The van der Waals surface area contributed by atoms with Gasteiger partial charge >= 0.3 is 0 Å². The van der Waals surface area contributed by atoms with Gasteiger partial charge in [0.1, 0.15) is 0 Å². The maximum absolute atomic E-state index is 13.2. The van der Waals surface area contributed by atoms with Gasteiger partial charge in [0.15, 0.2) is 0 Å². The molecule has 0 saturated heterocycles. The number of nitrogens with zero attached hydrogens (tertiary/aromatic N) is 1. The molecule has 0 heterocycles. The third-order valence-electron chi connectivity index (χ3n) is 5.18. The summed E-state index contributed by atoms with van der Waals surface area (Å²) in [6.45, 7) is 5.58. The van der Waals surface area contributed by atoms with E-state index in [9.17, 15) is 9.59 Å². The number of hydrogen-bond acceptors (Lipinski definition) is 3. The maximum atomic E-state index is 13.2. The molecule has 6 heteroatoms. The number of nitrogens with one attached hydrogen (secondary N) is 1. The molecule has 0 aliphatic rings. The lowest BCUT2D eigenvalue weighted by Gasteiger charge is -2.32. The molecule has 2 amide bonds. The Kier molecular flexibility index (Phi) is 7.83. The van der Waals surface area contributed by atoms with Crippen LogP contribution in [-0.2, 0) is 6.54 Å². The Hall–Kier alpha value is -2.96. The Morgan fingerprint density at radius 2 is 1.56 bits per heavy atom. The zero-order valence-corrected chi connectivity index (χ0v) is 19.9. The molecule has 3 N–H and O–H groups in total. The quantitative estimate of drug-likeness (QED) is 0.445. The van der Waals surface area contributed by atoms with Gasteiger partial charge in [0.25, 0.3) is 11.8 Å². The van der Waals surface area contributed by atoms with Gasteiger partial charge in [-0.3, -0.25) is 9.59 Å². The third-order valence-corrected chi connectivity index (χ3v) is 5.87. The molecule has 3 aromatic carbocycles. The van der Waals surface area contributed by atoms with Crippen LogP contribution in [0.25, 0.3) is 0 Å². The van der Waals surface area contributed by atoms with Crippen molar-refractivity contribution >= 4 is 33.4 Å². The highest BCUT2D eigenvalue weighted by Crippen LogP contribution is 2.21. The number of carbonyl (C=O) groups excluding carboxylic acids is 2. The molecule has 0 spiro atoms. The van der Waals surface area contributed by atoms with E-state index in [4.69, 9.17) is 5.73 Å². The smallest absolute Gasteiger partial charge is 0.256 e. The Morgan fingerprint density at radius 3 is 2.19 bits per heavy atom. The number of amides is 2. The molecular formula is C26H28BrN3O2. The molecule has 0 saturated carbocycles. The van der Waals surface area contributed by atoms with Crippen LogP contribution < -0.4 is 11.1 Å². The molecule has 0 aromatic heterocycles. The van der Waals surface area contributed by atoms with Crippen molar-refractivity contribution in [1.29, 1.82) is 0 Å². The molecule has 166 valence electrons. The molecule has 0 bridgehead atoms. The van der Waals surface area contributed by atoms with Gasteiger partial charge in [-0.25, -0.2) is 0 Å². The maximum Gasteiger partial charge on any atom is 0.256 e. The van der Waals surface area contributed by atoms with Crippen LogP contribution in [0.1, 0.15) is 40.1 Å². The van der Waals surface area contributed by atoms with Crippen LogP contribution in [0, 0.1) is 5.41 Å². The van der Waals surface area contributed by atoms with Crippen LogP contribution in [0.4, 0.5) is 5.69 Å². The van der Waals surface area contributed by atoms with Gasteiger partial charge in [-0.2, -0.15) is 0 Å². The summed E-state index contributed by atoms with van der Waals surface area (Å²) >= 11 is 3.40. The average Bonchev–Trinajstić information content (AvgIpc) is 2.80. The number of carbonyl (C=O) groups is 2. The van der Waals surface area contributed by atoms with Crippen molar-refractivity contribution in [3.8, 4) is 0 Å². The first kappa shape index (κ1) is 23.7. The van der Waals surface area contributed by atoms with Gasteiger partial charge in [-0.1, -0.05) is 56.3 Å². The summed E-state index contributed by atoms with van der Waals surface area (Å²) in [7, 11) is 0. The molecular weight excluding hydrogens is 466 g/mol. The highest BCUT2D eigenvalue weighted by atomic mass is 79.9. The number of benzene rings is 3. The minimum atomic E-state index is -0.207. The molecule has 0 aliphatic carbocycles. The van der Waals surface area contributed by atoms with Crippen molar-refractivity contribution in [1.82, 2.24) is 4.90 Å². The summed E-state index contributed by atoms with van der Waals surface area (Å²) in [6.07, 6.45) is 0. The van der Waals surface area contributed by atoms with Crippen LogP contribution in [0.15, 0.2) is 83.3 Å². The fourth-order valence-electron chi connectivity index (χ4n) is 3.30. The van der Waals surface area contributed by atoms with Crippen LogP contribution in [0.3, 0.4) is 0 Å². The molecule has 0 radical (unpaired) electrons. The second-order valence-electron chi connectivity index (χ2n) is 8.53. The molecule has 3 aromatic rings. The summed E-state index contributed by atoms with van der Waals surface area (Å²) in [6, 6.07) is 24.1. The van der Waals surface area contributed by atoms with Crippen molar-refractivity contribution < 1.29 is 9.59 Å². The third kappa shape index (κ3) is 6.28. The largest absolute Gasteiger partial charge is 0.334 e. The lowest BCUT2D eigenvalue weighted by Crippen LogP contribution is -2.41. The molecule has 0 unspecified atom stereocenters. The van der Waals surface area contributed by atoms with Gasteiger partial charge in [0, 0.05) is 28.8 Å². The fraction of sp³-hybridized carbons (Fsp3) is 0.231. The van der Waals surface area contributed by atoms with E-state index in [-0.39, 0.29) is 17.2 Å². The Morgan fingerprint density at radius 1 is 0.938 bits per heavy atom. The van der Waals surface area contributed by atoms with Gasteiger partial charge < -0.3 is 16.0 Å². The number of rotatable bonds is 8. The van der Waals surface area contributed by atoms with Crippen LogP contribution in [0.5, 0.6) is 0 Å². The van der Waals surface area contributed by atoms with E-state index in [1.54, 1.807) is 6.07 Å². The SMILES string of the molecule is CC(C)(CN)CN(Cc1ccc(NC(=O)c2ccccc2Br)cc1)C(=O)c1ccccc1. The van der Waals surface area contributed by atoms with E-state index in [0.29, 0.717) is 36.4 Å². The van der Waals surface area contributed by atoms with Gasteiger partial charge in [0.05, 0.1) is 5.56 Å². The minimum Gasteiger partial charge on any atom is -0.334 e. The number of halogens is 1. The van der Waals surface area contributed by atoms with E-state index >= 15 is 0 Å². The van der Waals surface area contributed by atoms with E-state index in [1.807, 2.05) is 77.7 Å². The van der Waals surface area contributed by atoms with Gasteiger partial charge in [-0.15, -0.1) is 0 Å². The molecule has 3 rings (SSSR count). The average molecular weight is 494 g/mol. The number of hydrogen-bond donors (Lipinski definition) is 2. The van der Waals surface area contributed by atoms with Crippen LogP contribution in [-0.4, -0.2) is 29.8 Å². The Bertz CT molecular complexity index is 1070. The molecule has 0 aliphatic heterocycles. The van der Waals surface area contributed by atoms with E-state index in [1.165, 1.54) is 0 Å². The highest BCUT2D eigenvalue weighted by Gasteiger charge is 2.25. The summed E-state index contributed by atoms with van der Waals surface area (Å²) in [5.74, 6) is -0.214. The topological polar surface area (TPSA) is 75.4 Å². The van der Waals surface area contributed by atoms with E-state index in [2.05, 4.69) is 35.1 Å². The van der Waals surface area contributed by atoms with Crippen LogP contribution in [0.2, 0.25) is 0 Å². The normalized spacial score (nSPS) is 11.1. The number of nitrogens with two attached hydrogens (primary N) is 1. The summed E-state index contributed by atoms with van der Waals surface area (Å²) in [5, 5.41) is 2.91. The van der Waals surface area contributed by atoms with Gasteiger partial charge in [-0.05, 0) is 69.9 Å². The lowest BCUT2D eigenvalue weighted by atomic mass is 9.92. The van der Waals surface area contributed by atoms with Gasteiger partial charge in [0.2, 0.25) is 0 Å². The summed E-state index contributed by atoms with van der Waals surface area (Å²) in [5.41, 5.74) is 8.61. The van der Waals surface area contributed by atoms with E-state index in [0.717, 1.165) is 10.0 Å². The number of anilines is 1. The van der Waals surface area contributed by atoms with Crippen LogP contribution >= 0.6 is 15.9 Å². The first-order valence-electron chi connectivity index (χ1n) is 10.5. The predicted octanol–water partition coefficient (Wildman–Crippen LogP) is 5.33. The van der Waals surface area contributed by atoms with Crippen molar-refractivity contribution in [2.75, 3.05) is 18.4 Å². The molecule has 0 atom stereocenters. The van der Waals surface area contributed by atoms with Crippen molar-refractivity contribution in [3.05, 3.63) is 100 Å².